The van der Waals surface area contributed by atoms with Crippen molar-refractivity contribution < 1.29 is 9.59 Å². The largest absolute Gasteiger partial charge is 0.282 e. The maximum atomic E-state index is 12.0. The second kappa shape index (κ2) is 4.19. The van der Waals surface area contributed by atoms with Crippen LogP contribution in [0.15, 0.2) is 46.9 Å². The molecular weight excluding hydrogens is 248 g/mol. The Morgan fingerprint density at radius 3 is 2.22 bits per heavy atom. The Morgan fingerprint density at radius 1 is 1.00 bits per heavy atom. The lowest BCUT2D eigenvalue weighted by Crippen LogP contribution is -2.23. The van der Waals surface area contributed by atoms with Crippen LogP contribution in [0.3, 0.4) is 0 Å². The van der Waals surface area contributed by atoms with Gasteiger partial charge in [0.15, 0.2) is 0 Å². The van der Waals surface area contributed by atoms with Crippen LogP contribution in [0.4, 0.5) is 0 Å². The first-order valence-corrected chi connectivity index (χ1v) is 6.20. The molecule has 0 N–H and O–H groups in total. The van der Waals surface area contributed by atoms with Crippen molar-refractivity contribution in [3.8, 4) is 0 Å². The van der Waals surface area contributed by atoms with E-state index in [-0.39, 0.29) is 11.8 Å². The molecule has 0 bridgehead atoms. The van der Waals surface area contributed by atoms with Gasteiger partial charge in [0.2, 0.25) is 0 Å². The van der Waals surface area contributed by atoms with Crippen LogP contribution in [-0.2, 0) is 0 Å². The van der Waals surface area contributed by atoms with Gasteiger partial charge in [0.05, 0.1) is 17.3 Å². The van der Waals surface area contributed by atoms with Crippen molar-refractivity contribution in [2.24, 2.45) is 5.10 Å². The van der Waals surface area contributed by atoms with E-state index in [9.17, 15) is 9.59 Å². The van der Waals surface area contributed by atoms with E-state index in [1.807, 2.05) is 17.5 Å². The van der Waals surface area contributed by atoms with Crippen molar-refractivity contribution in [2.45, 2.75) is 0 Å². The number of benzene rings is 1. The smallest absolute Gasteiger partial charge is 0.267 e. The molecule has 5 heteroatoms. The molecule has 0 fully saturated rings. The van der Waals surface area contributed by atoms with Crippen LogP contribution < -0.4 is 0 Å². The summed E-state index contributed by atoms with van der Waals surface area (Å²) in [4.78, 5) is 24.8. The topological polar surface area (TPSA) is 49.7 Å². The molecule has 0 spiro atoms. The van der Waals surface area contributed by atoms with Crippen LogP contribution in [0.2, 0.25) is 0 Å². The molecule has 0 unspecified atom stereocenters. The third-order valence-electron chi connectivity index (χ3n) is 2.62. The zero-order valence-electron chi connectivity index (χ0n) is 9.24. The Labute approximate surface area is 107 Å². The van der Waals surface area contributed by atoms with Crippen molar-refractivity contribution in [3.63, 3.8) is 0 Å². The zero-order valence-corrected chi connectivity index (χ0v) is 10.1. The molecule has 3 rings (SSSR count). The number of imide groups is 1. The average Bonchev–Trinajstić information content (AvgIpc) is 2.98. The second-order valence-corrected chi connectivity index (χ2v) is 4.71. The van der Waals surface area contributed by atoms with Crippen molar-refractivity contribution in [2.75, 3.05) is 0 Å². The molecule has 0 aliphatic carbocycles. The van der Waals surface area contributed by atoms with Crippen LogP contribution in [0.25, 0.3) is 0 Å². The van der Waals surface area contributed by atoms with Gasteiger partial charge in [0.1, 0.15) is 0 Å². The Balaban J connectivity index is 1.93. The van der Waals surface area contributed by atoms with E-state index in [2.05, 4.69) is 5.10 Å². The van der Waals surface area contributed by atoms with E-state index in [1.165, 1.54) is 17.6 Å². The van der Waals surface area contributed by atoms with Gasteiger partial charge in [0.25, 0.3) is 11.8 Å². The number of hydrogen-bond donors (Lipinski definition) is 0. The minimum absolute atomic E-state index is 0.372. The first-order chi connectivity index (χ1) is 8.77. The molecular formula is C13H8N2O2S. The van der Waals surface area contributed by atoms with E-state index in [0.717, 1.165) is 9.89 Å². The van der Waals surface area contributed by atoms with Gasteiger partial charge in [-0.15, -0.1) is 11.3 Å². The van der Waals surface area contributed by atoms with Crippen LogP contribution in [-0.4, -0.2) is 23.0 Å². The first kappa shape index (κ1) is 10.9. The molecule has 4 nitrogen and oxygen atoms in total. The molecule has 0 saturated heterocycles. The fraction of sp³-hybridized carbons (Fsp3) is 0. The quantitative estimate of drug-likeness (QED) is 0.612. The highest BCUT2D eigenvalue weighted by Gasteiger charge is 2.35. The number of rotatable bonds is 2. The number of thiophene rings is 1. The molecule has 1 aliphatic heterocycles. The summed E-state index contributed by atoms with van der Waals surface area (Å²) in [5.41, 5.74) is 0.816. The van der Waals surface area contributed by atoms with Gasteiger partial charge in [0, 0.05) is 4.88 Å². The van der Waals surface area contributed by atoms with Gasteiger partial charge in [-0.3, -0.25) is 9.59 Å². The van der Waals surface area contributed by atoms with Gasteiger partial charge in [-0.1, -0.05) is 18.2 Å². The van der Waals surface area contributed by atoms with E-state index < -0.39 is 0 Å². The van der Waals surface area contributed by atoms with E-state index in [1.54, 1.807) is 24.3 Å². The van der Waals surface area contributed by atoms with Crippen molar-refractivity contribution in [1.29, 1.82) is 0 Å². The first-order valence-electron chi connectivity index (χ1n) is 5.32. The van der Waals surface area contributed by atoms with Gasteiger partial charge >= 0.3 is 0 Å². The molecule has 1 aliphatic rings. The summed E-state index contributed by atoms with van der Waals surface area (Å²) in [5.74, 6) is -0.744. The molecule has 1 aromatic heterocycles. The standard InChI is InChI=1S/C13H8N2O2S/c16-12-10-5-1-2-6-11(10)13(17)15(12)14-8-9-4-3-7-18-9/h1-8H/b14-8-. The maximum Gasteiger partial charge on any atom is 0.282 e. The van der Waals surface area contributed by atoms with E-state index in [0.29, 0.717) is 11.1 Å². The SMILES string of the molecule is O=C1c2ccccc2C(=O)N1/N=C\c1cccs1. The summed E-state index contributed by atoms with van der Waals surface area (Å²) >= 11 is 1.49. The summed E-state index contributed by atoms with van der Waals surface area (Å²) < 4.78 is 0. The van der Waals surface area contributed by atoms with Crippen LogP contribution in [0, 0.1) is 0 Å². The third-order valence-corrected chi connectivity index (χ3v) is 3.42. The highest BCUT2D eigenvalue weighted by atomic mass is 32.1. The van der Waals surface area contributed by atoms with Gasteiger partial charge in [-0.2, -0.15) is 10.1 Å². The Morgan fingerprint density at radius 2 is 1.67 bits per heavy atom. The zero-order chi connectivity index (χ0) is 12.5. The van der Waals surface area contributed by atoms with Crippen molar-refractivity contribution >= 4 is 29.4 Å². The number of amides is 2. The summed E-state index contributed by atoms with van der Waals surface area (Å²) in [6.07, 6.45) is 1.52. The van der Waals surface area contributed by atoms with Gasteiger partial charge in [-0.05, 0) is 23.6 Å². The summed E-state index contributed by atoms with van der Waals surface area (Å²) in [5, 5.41) is 6.78. The highest BCUT2D eigenvalue weighted by Crippen LogP contribution is 2.22. The normalized spacial score (nSPS) is 14.6. The molecule has 0 atom stereocenters. The van der Waals surface area contributed by atoms with Gasteiger partial charge in [-0.25, -0.2) is 0 Å². The molecule has 2 heterocycles. The summed E-state index contributed by atoms with van der Waals surface area (Å²) in [7, 11) is 0. The summed E-state index contributed by atoms with van der Waals surface area (Å²) in [6.45, 7) is 0. The fourth-order valence-electron chi connectivity index (χ4n) is 1.76. The molecule has 1 aromatic carbocycles. The summed E-state index contributed by atoms with van der Waals surface area (Å²) in [6, 6.07) is 10.5. The number of fused-ring (bicyclic) bond motifs is 1. The Bertz CT molecular complexity index is 612. The Kier molecular flexibility index (Phi) is 2.53. The fourth-order valence-corrected chi connectivity index (χ4v) is 2.34. The minimum Gasteiger partial charge on any atom is -0.267 e. The van der Waals surface area contributed by atoms with E-state index >= 15 is 0 Å². The number of hydrogen-bond acceptors (Lipinski definition) is 4. The Hall–Kier alpha value is -2.27. The second-order valence-electron chi connectivity index (χ2n) is 3.73. The molecule has 2 aromatic rings. The number of carbonyl (C=O) groups excluding carboxylic acids is 2. The molecule has 2 amide bonds. The van der Waals surface area contributed by atoms with Crippen molar-refractivity contribution in [1.82, 2.24) is 5.01 Å². The minimum atomic E-state index is -0.372. The van der Waals surface area contributed by atoms with Gasteiger partial charge < -0.3 is 0 Å². The molecule has 0 saturated carbocycles. The lowest BCUT2D eigenvalue weighted by atomic mass is 10.1. The monoisotopic (exact) mass is 256 g/mol. The maximum absolute atomic E-state index is 12.0. The van der Waals surface area contributed by atoms with E-state index in [4.69, 9.17) is 0 Å². The lowest BCUT2D eigenvalue weighted by Gasteiger charge is -2.04. The average molecular weight is 256 g/mol. The lowest BCUT2D eigenvalue weighted by molar-refractivity contribution is 0.0660. The highest BCUT2D eigenvalue weighted by molar-refractivity contribution is 7.11. The van der Waals surface area contributed by atoms with Crippen LogP contribution >= 0.6 is 11.3 Å². The molecule has 88 valence electrons. The number of nitrogens with zero attached hydrogens (tertiary/aromatic N) is 2. The third kappa shape index (κ3) is 1.65. The predicted molar refractivity (Wildman–Crippen MR) is 68.9 cm³/mol. The molecule has 0 radical (unpaired) electrons. The van der Waals surface area contributed by atoms with Crippen molar-refractivity contribution in [3.05, 3.63) is 57.8 Å². The molecule has 18 heavy (non-hydrogen) atoms. The number of carbonyl (C=O) groups is 2. The predicted octanol–water partition coefficient (Wildman–Crippen LogP) is 2.38. The number of hydrazone groups is 1. The van der Waals surface area contributed by atoms with Crippen LogP contribution in [0.5, 0.6) is 0 Å². The van der Waals surface area contributed by atoms with Crippen LogP contribution in [0.1, 0.15) is 25.6 Å².